The number of para-hydroxylation sites is 1. The van der Waals surface area contributed by atoms with Gasteiger partial charge in [0.15, 0.2) is 5.96 Å². The van der Waals surface area contributed by atoms with Crippen molar-refractivity contribution < 1.29 is 43.2 Å². The van der Waals surface area contributed by atoms with Gasteiger partial charge in [-0.2, -0.15) is 0 Å². The van der Waals surface area contributed by atoms with Crippen molar-refractivity contribution in [2.75, 3.05) is 13.1 Å². The summed E-state index contributed by atoms with van der Waals surface area (Å²) in [4.78, 5) is 139. The first kappa shape index (κ1) is 56.6. The van der Waals surface area contributed by atoms with E-state index >= 15 is 0 Å². The molecule has 16 N–H and O–H groups in total. The number of carbonyl (C=O) groups is 9. The lowest BCUT2D eigenvalue weighted by Crippen LogP contribution is -2.60. The van der Waals surface area contributed by atoms with Crippen molar-refractivity contribution in [1.82, 2.24) is 57.5 Å². The second-order valence-corrected chi connectivity index (χ2v) is 18.2. The van der Waals surface area contributed by atoms with Gasteiger partial charge in [0.2, 0.25) is 53.2 Å². The zero-order chi connectivity index (χ0) is 53.6. The van der Waals surface area contributed by atoms with E-state index in [0.29, 0.717) is 29.7 Å². The first-order chi connectivity index (χ1) is 35.5. The maximum atomic E-state index is 14.7. The van der Waals surface area contributed by atoms with Crippen LogP contribution < -0.4 is 59.7 Å². The zero-order valence-corrected chi connectivity index (χ0v) is 41.7. The van der Waals surface area contributed by atoms with E-state index < -0.39 is 95.5 Å². The number of benzene rings is 2. The number of hydrogen-bond acceptors (Lipinski definition) is 11. The number of fused-ring (bicyclic) bond motifs is 1. The summed E-state index contributed by atoms with van der Waals surface area (Å²) in [5.41, 5.74) is 19.4. The van der Waals surface area contributed by atoms with Gasteiger partial charge in [0, 0.05) is 74.7 Å². The fourth-order valence-corrected chi connectivity index (χ4v) is 8.40. The molecule has 3 heterocycles. The second-order valence-electron chi connectivity index (χ2n) is 18.2. The van der Waals surface area contributed by atoms with Crippen molar-refractivity contribution in [3.05, 3.63) is 90.1 Å². The summed E-state index contributed by atoms with van der Waals surface area (Å²) in [6.45, 7) is 3.24. The Morgan fingerprint density at radius 3 is 2.08 bits per heavy atom. The summed E-state index contributed by atoms with van der Waals surface area (Å²) in [6.07, 6.45) is 5.38. The fraction of sp³-hybridized carbons (Fsp3) is 0.460. The van der Waals surface area contributed by atoms with E-state index in [1.807, 2.05) is 31.2 Å². The molecule has 0 radical (unpaired) electrons. The van der Waals surface area contributed by atoms with E-state index in [-0.39, 0.29) is 83.3 Å². The molecule has 24 nitrogen and oxygen atoms in total. The van der Waals surface area contributed by atoms with Gasteiger partial charge in [-0.05, 0) is 55.7 Å². The lowest BCUT2D eigenvalue weighted by molar-refractivity contribution is -0.135. The zero-order valence-electron chi connectivity index (χ0n) is 41.7. The van der Waals surface area contributed by atoms with E-state index in [1.54, 1.807) is 36.5 Å². The van der Waals surface area contributed by atoms with Gasteiger partial charge in [-0.3, -0.25) is 48.1 Å². The molecule has 1 aliphatic heterocycles. The maximum Gasteiger partial charge on any atom is 0.243 e. The SMILES string of the molecule is CCCC[C@H](NC(C)=O)C(=O)N[C@H]1CCC(=O)NCCC[C@@H](C(N)=O)NC(=O)[C@H](Cc2c[nH]c3ccccc23)NC(=O)[C@H](CCCN=C(N)N)NC(=O)[C@@H](Cc2ccccc2)NC(=O)[C@H](Cc2cnc[nH]2)NC1=O. The van der Waals surface area contributed by atoms with Crippen LogP contribution in [0.15, 0.2) is 78.3 Å². The Morgan fingerprint density at radius 1 is 0.757 bits per heavy atom. The van der Waals surface area contributed by atoms with Gasteiger partial charge in [-0.25, -0.2) is 4.98 Å². The van der Waals surface area contributed by atoms with Crippen LogP contribution in [0.4, 0.5) is 0 Å². The number of aromatic amines is 2. The van der Waals surface area contributed by atoms with E-state index in [1.165, 1.54) is 19.4 Å². The number of amides is 9. The highest BCUT2D eigenvalue weighted by atomic mass is 16.2. The third-order valence-corrected chi connectivity index (χ3v) is 12.3. The molecular formula is C50H69N15O9. The van der Waals surface area contributed by atoms with Crippen LogP contribution in [-0.2, 0) is 62.4 Å². The number of nitrogens with two attached hydrogens (primary N) is 3. The predicted octanol–water partition coefficient (Wildman–Crippen LogP) is -1.25. The number of nitrogens with one attached hydrogen (secondary N) is 10. The van der Waals surface area contributed by atoms with Gasteiger partial charge in [0.1, 0.15) is 42.3 Å². The number of unbranched alkanes of at least 4 members (excludes halogenated alkanes) is 1. The summed E-state index contributed by atoms with van der Waals surface area (Å²) < 4.78 is 0. The molecule has 2 aromatic heterocycles. The average Bonchev–Trinajstić information content (AvgIpc) is 4.04. The van der Waals surface area contributed by atoms with Crippen molar-refractivity contribution in [1.29, 1.82) is 0 Å². The summed E-state index contributed by atoms with van der Waals surface area (Å²) in [5, 5.41) is 22.5. The Balaban J connectivity index is 1.55. The molecule has 0 spiro atoms. The summed E-state index contributed by atoms with van der Waals surface area (Å²) in [5.74, 6) is -6.84. The summed E-state index contributed by atoms with van der Waals surface area (Å²) in [6, 6.07) is 6.86. The van der Waals surface area contributed by atoms with Crippen molar-refractivity contribution in [2.24, 2.45) is 22.2 Å². The smallest absolute Gasteiger partial charge is 0.243 e. The van der Waals surface area contributed by atoms with Crippen LogP contribution in [0.1, 0.15) is 88.5 Å². The Morgan fingerprint density at radius 2 is 1.41 bits per heavy atom. The maximum absolute atomic E-state index is 14.7. The third kappa shape index (κ3) is 18.1. The van der Waals surface area contributed by atoms with Gasteiger partial charge in [0.05, 0.1) is 6.33 Å². The molecule has 1 fully saturated rings. The minimum atomic E-state index is -1.42. The number of primary amides is 1. The Kier molecular flexibility index (Phi) is 21.9. The largest absolute Gasteiger partial charge is 0.370 e. The molecule has 2 aromatic carbocycles. The number of hydrogen-bond donors (Lipinski definition) is 13. The van der Waals surface area contributed by atoms with Crippen LogP contribution in [0.5, 0.6) is 0 Å². The second kappa shape index (κ2) is 28.7. The molecule has 74 heavy (non-hydrogen) atoms. The van der Waals surface area contributed by atoms with Gasteiger partial charge in [0.25, 0.3) is 0 Å². The normalized spacial score (nSPS) is 21.3. The van der Waals surface area contributed by atoms with Crippen molar-refractivity contribution in [3.63, 3.8) is 0 Å². The molecule has 0 aliphatic carbocycles. The minimum absolute atomic E-state index is 0.0106. The van der Waals surface area contributed by atoms with E-state index in [9.17, 15) is 43.2 Å². The molecule has 1 saturated heterocycles. The van der Waals surface area contributed by atoms with E-state index in [2.05, 4.69) is 62.5 Å². The van der Waals surface area contributed by atoms with E-state index in [0.717, 1.165) is 10.9 Å². The topological polar surface area (TPSA) is 385 Å². The lowest BCUT2D eigenvalue weighted by Gasteiger charge is -2.28. The number of H-pyrrole nitrogens is 2. The molecule has 9 amide bonds. The molecule has 0 unspecified atom stereocenters. The molecule has 7 atom stereocenters. The third-order valence-electron chi connectivity index (χ3n) is 12.3. The molecule has 1 aliphatic rings. The number of nitrogens with zero attached hydrogens (tertiary/aromatic N) is 2. The highest BCUT2D eigenvalue weighted by molar-refractivity contribution is 5.98. The van der Waals surface area contributed by atoms with Gasteiger partial charge in [-0.1, -0.05) is 68.3 Å². The van der Waals surface area contributed by atoms with Crippen LogP contribution in [0, 0.1) is 0 Å². The quantitative estimate of drug-likeness (QED) is 0.0335. The molecule has 0 saturated carbocycles. The van der Waals surface area contributed by atoms with E-state index in [4.69, 9.17) is 17.2 Å². The Hall–Kier alpha value is -8.31. The number of aliphatic imine (C=N–C) groups is 1. The number of aromatic nitrogens is 3. The molecule has 4 aromatic rings. The van der Waals surface area contributed by atoms with Crippen LogP contribution in [0.3, 0.4) is 0 Å². The summed E-state index contributed by atoms with van der Waals surface area (Å²) >= 11 is 0. The van der Waals surface area contributed by atoms with Crippen LogP contribution >= 0.6 is 0 Å². The van der Waals surface area contributed by atoms with Crippen LogP contribution in [0.2, 0.25) is 0 Å². The highest BCUT2D eigenvalue weighted by Gasteiger charge is 2.35. The molecular weight excluding hydrogens is 955 g/mol. The molecule has 5 rings (SSSR count). The predicted molar refractivity (Wildman–Crippen MR) is 274 cm³/mol. The molecule has 0 bridgehead atoms. The van der Waals surface area contributed by atoms with Crippen molar-refractivity contribution >= 4 is 70.0 Å². The van der Waals surface area contributed by atoms with Crippen molar-refractivity contribution in [2.45, 2.75) is 133 Å². The first-order valence-electron chi connectivity index (χ1n) is 24.8. The van der Waals surface area contributed by atoms with Crippen molar-refractivity contribution in [3.8, 4) is 0 Å². The van der Waals surface area contributed by atoms with Gasteiger partial charge >= 0.3 is 0 Å². The number of guanidine groups is 1. The first-order valence-corrected chi connectivity index (χ1v) is 24.8. The number of imidazole rings is 1. The summed E-state index contributed by atoms with van der Waals surface area (Å²) in [7, 11) is 0. The highest BCUT2D eigenvalue weighted by Crippen LogP contribution is 2.20. The van der Waals surface area contributed by atoms with Crippen LogP contribution in [0.25, 0.3) is 10.9 Å². The number of rotatable bonds is 17. The lowest BCUT2D eigenvalue weighted by atomic mass is 10.0. The minimum Gasteiger partial charge on any atom is -0.370 e. The average molecular weight is 1020 g/mol. The van der Waals surface area contributed by atoms with Gasteiger partial charge in [-0.15, -0.1) is 0 Å². The Labute approximate surface area is 428 Å². The fourth-order valence-electron chi connectivity index (χ4n) is 8.40. The Bertz CT molecular complexity index is 2580. The van der Waals surface area contributed by atoms with Gasteiger partial charge < -0.3 is 69.7 Å². The molecule has 398 valence electrons. The monoisotopic (exact) mass is 1020 g/mol. The van der Waals surface area contributed by atoms with Crippen LogP contribution in [-0.4, -0.2) is 129 Å². The number of carbonyl (C=O) groups excluding carboxylic acids is 9. The molecule has 24 heteroatoms. The standard InChI is InChI=1S/C50H69N15O9/c1-3-4-15-36(59-29(2)66)44(69)62-38-19-20-42(67)55-21-10-17-35(43(51)68)60-48(73)40(24-31-26-57-34-16-9-8-14-33(31)34)64-45(70)37(18-11-22-56-50(52)53)61-47(72)39(23-30-12-6-5-7-13-30)63-49(74)41(65-46(38)71)25-32-27-54-28-58-32/h5-9,12-14,16,26-28,35-41,57H,3-4,10-11,15,17-25H2,1-2H3,(H2,51,68)(H,54,58)(H,55,67)(H,59,66)(H,60,73)(H,61,72)(H,62,69)(H,63,74)(H,64,70)(H,65,71)(H4,52,53,56)/t35-,36-,37-,38-,39+,40-,41-/m0/s1.